The second kappa shape index (κ2) is 23.8. The third kappa shape index (κ3) is 16.0. The maximum absolute atomic E-state index is 12.9. The van der Waals surface area contributed by atoms with Gasteiger partial charge in [0, 0.05) is 49.0 Å². The van der Waals surface area contributed by atoms with Gasteiger partial charge in [-0.15, -0.1) is 0 Å². The Kier molecular flexibility index (Phi) is 18.4. The van der Waals surface area contributed by atoms with Gasteiger partial charge < -0.3 is 18.3 Å². The number of sulfone groups is 1. The lowest BCUT2D eigenvalue weighted by Crippen LogP contribution is -2.18. The van der Waals surface area contributed by atoms with Gasteiger partial charge in [0.1, 0.15) is 40.5 Å². The van der Waals surface area contributed by atoms with E-state index in [9.17, 15) is 31.0 Å². The van der Waals surface area contributed by atoms with Crippen molar-refractivity contribution in [2.75, 3.05) is 25.7 Å². The van der Waals surface area contributed by atoms with Crippen molar-refractivity contribution >= 4 is 32.2 Å². The minimum atomic E-state index is -3.68. The highest BCUT2D eigenvalue weighted by molar-refractivity contribution is 7.91. The first kappa shape index (κ1) is 48.6. The highest BCUT2D eigenvalue weighted by atomic mass is 32.2. The molecule has 0 aliphatic carbocycles. The summed E-state index contributed by atoms with van der Waals surface area (Å²) in [5, 5.41) is 0. The van der Waals surface area contributed by atoms with E-state index in [2.05, 4.69) is 9.97 Å². The van der Waals surface area contributed by atoms with E-state index < -0.39 is 26.4 Å². The summed E-state index contributed by atoms with van der Waals surface area (Å²) in [5.74, 6) is 0.130. The molecule has 0 spiro atoms. The molecule has 0 bridgehead atoms. The fourth-order valence-corrected chi connectivity index (χ4v) is 9.10. The molecule has 0 N–H and O–H groups in total. The highest BCUT2D eigenvalue weighted by Crippen LogP contribution is 2.25. The van der Waals surface area contributed by atoms with Crippen molar-refractivity contribution in [1.82, 2.24) is 9.97 Å². The summed E-state index contributed by atoms with van der Waals surface area (Å²) in [5.41, 5.74) is 6.41. The van der Waals surface area contributed by atoms with Crippen LogP contribution in [0.2, 0.25) is 0 Å². The van der Waals surface area contributed by atoms with E-state index in [1.807, 2.05) is 48.5 Å². The maximum atomic E-state index is 12.9. The van der Waals surface area contributed by atoms with Crippen molar-refractivity contribution in [1.29, 1.82) is 0 Å². The summed E-state index contributed by atoms with van der Waals surface area (Å²) in [4.78, 5) is 33.2. The van der Waals surface area contributed by atoms with Gasteiger partial charge in [-0.25, -0.2) is 27.2 Å². The maximum Gasteiger partial charge on any atom is 0.226 e. The molecule has 0 fully saturated rings. The molecule has 11 nitrogen and oxygen atoms in total. The van der Waals surface area contributed by atoms with Gasteiger partial charge in [-0.2, -0.15) is 0 Å². The fourth-order valence-electron chi connectivity index (χ4n) is 6.50. The lowest BCUT2D eigenvalue weighted by Gasteiger charge is -2.04. The minimum Gasteiger partial charge on any atom is -0.441 e. The second-order valence-electron chi connectivity index (χ2n) is 15.1. The fraction of sp³-hybridized carbons (Fsp3) is 0.333. The standard InChI is InChI=1S/C24H26FNO5S.C24H26FNO4S/c1-17-23(26-24(31-17)20-10-6-19(7-11-20)14-30-2)16-32(28,29)15-22(27)5-3-4-18-8-12-21(25)13-9-18;1-17-23(26-24(30-17)20-10-6-19(7-11-20)14-29-2)16-31(28)15-22(27)5-3-4-18-8-12-21(25)13-9-18/h6-13H,3-5,14-16H2,1-2H3;6-13H,3-5,14-16H2,1-2H3. The number of carbonyl (C=O) groups excluding carboxylic acids is 2. The Hall–Kier alpha value is -5.48. The Morgan fingerprint density at radius 1 is 0.619 bits per heavy atom. The summed E-state index contributed by atoms with van der Waals surface area (Å²) >= 11 is 0. The van der Waals surface area contributed by atoms with E-state index in [1.54, 1.807) is 52.3 Å². The summed E-state index contributed by atoms with van der Waals surface area (Å²) in [6.45, 7) is 4.47. The molecule has 2 heterocycles. The molecule has 0 radical (unpaired) electrons. The number of hydrogen-bond donors (Lipinski definition) is 0. The molecule has 63 heavy (non-hydrogen) atoms. The van der Waals surface area contributed by atoms with Crippen molar-refractivity contribution in [2.45, 2.75) is 77.1 Å². The lowest BCUT2D eigenvalue weighted by atomic mass is 10.1. The Morgan fingerprint density at radius 2 is 1.03 bits per heavy atom. The Labute approximate surface area is 369 Å². The van der Waals surface area contributed by atoms with E-state index in [1.165, 1.54) is 24.3 Å². The van der Waals surface area contributed by atoms with Crippen LogP contribution in [0.1, 0.15) is 70.8 Å². The van der Waals surface area contributed by atoms with Gasteiger partial charge in [0.25, 0.3) is 0 Å². The molecule has 334 valence electrons. The molecule has 0 amide bonds. The van der Waals surface area contributed by atoms with Gasteiger partial charge in [0.2, 0.25) is 11.8 Å². The number of carbonyl (C=O) groups is 2. The molecule has 2 aromatic heterocycles. The van der Waals surface area contributed by atoms with Crippen molar-refractivity contribution < 1.29 is 49.3 Å². The van der Waals surface area contributed by atoms with Crippen LogP contribution < -0.4 is 0 Å². The summed E-state index contributed by atoms with van der Waals surface area (Å²) in [7, 11) is -1.76. The number of aromatic nitrogens is 2. The number of benzene rings is 4. The zero-order valence-electron chi connectivity index (χ0n) is 35.9. The van der Waals surface area contributed by atoms with Gasteiger partial charge in [0.05, 0.1) is 41.9 Å². The Bertz CT molecular complexity index is 2540. The smallest absolute Gasteiger partial charge is 0.226 e. The van der Waals surface area contributed by atoms with Crippen molar-refractivity contribution in [3.63, 3.8) is 0 Å². The number of ether oxygens (including phenoxy) is 2. The third-order valence-electron chi connectivity index (χ3n) is 9.83. The van der Waals surface area contributed by atoms with Crippen LogP contribution in [-0.4, -0.2) is 59.9 Å². The second-order valence-corrected chi connectivity index (χ2v) is 18.6. The van der Waals surface area contributed by atoms with E-state index in [0.29, 0.717) is 80.0 Å². The monoisotopic (exact) mass is 902 g/mol. The first-order chi connectivity index (χ1) is 30.2. The van der Waals surface area contributed by atoms with Crippen LogP contribution in [0.25, 0.3) is 22.9 Å². The molecule has 6 aromatic rings. The Morgan fingerprint density at radius 3 is 1.49 bits per heavy atom. The van der Waals surface area contributed by atoms with Crippen LogP contribution >= 0.6 is 0 Å². The Balaban J connectivity index is 0.000000238. The molecule has 4 aromatic carbocycles. The number of halogens is 2. The zero-order valence-corrected chi connectivity index (χ0v) is 37.5. The first-order valence-corrected chi connectivity index (χ1v) is 23.7. The molecule has 6 rings (SSSR count). The van der Waals surface area contributed by atoms with Gasteiger partial charge in [-0.05, 0) is 110 Å². The quantitative estimate of drug-likeness (QED) is 0.0640. The topological polar surface area (TPSA) is 156 Å². The van der Waals surface area contributed by atoms with Crippen LogP contribution in [0.5, 0.6) is 0 Å². The largest absolute Gasteiger partial charge is 0.441 e. The number of nitrogens with zero attached hydrogens (tertiary/aromatic N) is 2. The van der Waals surface area contributed by atoms with Gasteiger partial charge in [-0.3, -0.25) is 13.8 Å². The molecule has 0 aliphatic rings. The van der Waals surface area contributed by atoms with Crippen molar-refractivity contribution in [3.05, 3.63) is 154 Å². The van der Waals surface area contributed by atoms with Crippen LogP contribution in [0.3, 0.4) is 0 Å². The number of Topliss-reactive ketones (excluding diaryl/α,β-unsaturated/α-hetero) is 2. The number of ketones is 2. The van der Waals surface area contributed by atoms with E-state index >= 15 is 0 Å². The summed E-state index contributed by atoms with van der Waals surface area (Å²) in [6.07, 6.45) is 2.92. The van der Waals surface area contributed by atoms with Crippen LogP contribution in [-0.2, 0) is 77.3 Å². The van der Waals surface area contributed by atoms with Crippen molar-refractivity contribution in [2.24, 2.45) is 0 Å². The molecule has 15 heteroatoms. The normalized spacial score (nSPS) is 11.8. The van der Waals surface area contributed by atoms with Crippen molar-refractivity contribution in [3.8, 4) is 22.9 Å². The number of oxazole rings is 2. The summed E-state index contributed by atoms with van der Waals surface area (Å²) in [6, 6.07) is 27.5. The zero-order chi connectivity index (χ0) is 45.4. The van der Waals surface area contributed by atoms with Gasteiger partial charge >= 0.3 is 0 Å². The number of rotatable bonds is 22. The van der Waals surface area contributed by atoms with Gasteiger partial charge in [0.15, 0.2) is 9.84 Å². The van der Waals surface area contributed by atoms with Crippen LogP contribution in [0.15, 0.2) is 106 Å². The molecule has 1 unspecified atom stereocenters. The van der Waals surface area contributed by atoms with E-state index in [4.69, 9.17) is 18.3 Å². The van der Waals surface area contributed by atoms with Crippen LogP contribution in [0.4, 0.5) is 8.78 Å². The third-order valence-corrected chi connectivity index (χ3v) is 12.5. The van der Waals surface area contributed by atoms with E-state index in [-0.39, 0.29) is 46.9 Å². The number of aryl methyl sites for hydroxylation is 4. The molecule has 1 atom stereocenters. The summed E-state index contributed by atoms with van der Waals surface area (Å²) < 4.78 is 85.0. The highest BCUT2D eigenvalue weighted by Gasteiger charge is 2.22. The average Bonchev–Trinajstić information content (AvgIpc) is 3.80. The minimum absolute atomic E-state index is 0.00321. The first-order valence-electron chi connectivity index (χ1n) is 20.4. The average molecular weight is 903 g/mol. The van der Waals surface area contributed by atoms with Gasteiger partial charge in [-0.1, -0.05) is 48.5 Å². The predicted octanol–water partition coefficient (Wildman–Crippen LogP) is 9.22. The predicted molar refractivity (Wildman–Crippen MR) is 238 cm³/mol. The lowest BCUT2D eigenvalue weighted by molar-refractivity contribution is -0.117. The van der Waals surface area contributed by atoms with E-state index in [0.717, 1.165) is 33.4 Å². The SMILES string of the molecule is COCc1ccc(-c2nc(CS(=O)(=O)CC(=O)CCCc3ccc(F)cc3)c(C)o2)cc1.COCc1ccc(-c2nc(CS(=O)CC(=O)CCCc3ccc(F)cc3)c(C)o2)cc1. The molecule has 0 saturated heterocycles. The number of hydrogen-bond acceptors (Lipinski definition) is 11. The molecular formula is C48H52F2N2O9S2. The number of methoxy groups -OCH3 is 2. The molecular weight excluding hydrogens is 851 g/mol. The molecule has 0 aliphatic heterocycles. The molecule has 0 saturated carbocycles. The van der Waals surface area contributed by atoms with Crippen LogP contribution in [0, 0.1) is 25.5 Å².